The van der Waals surface area contributed by atoms with Gasteiger partial charge in [-0.3, -0.25) is 0 Å². The molecule has 0 saturated heterocycles. The molecule has 90 valence electrons. The summed E-state index contributed by atoms with van der Waals surface area (Å²) in [7, 11) is 0. The van der Waals surface area contributed by atoms with Crippen LogP contribution in [0.15, 0.2) is 18.2 Å². The van der Waals surface area contributed by atoms with Crippen LogP contribution in [-0.2, 0) is 4.74 Å². The molecule has 4 nitrogen and oxygen atoms in total. The van der Waals surface area contributed by atoms with Gasteiger partial charge in [-0.15, -0.1) is 0 Å². The summed E-state index contributed by atoms with van der Waals surface area (Å²) in [4.78, 5) is 11.8. The molecule has 0 radical (unpaired) electrons. The van der Waals surface area contributed by atoms with Gasteiger partial charge in [-0.2, -0.15) is 0 Å². The first-order chi connectivity index (χ1) is 8.15. The Morgan fingerprint density at radius 2 is 2.12 bits per heavy atom. The predicted molar refractivity (Wildman–Crippen MR) is 59.9 cm³/mol. The fourth-order valence-electron chi connectivity index (χ4n) is 2.84. The summed E-state index contributed by atoms with van der Waals surface area (Å²) in [5, 5.41) is 19.0. The zero-order valence-electron chi connectivity index (χ0n) is 9.30. The van der Waals surface area contributed by atoms with Gasteiger partial charge in [0.2, 0.25) is 0 Å². The van der Waals surface area contributed by atoms with Gasteiger partial charge in [0, 0.05) is 12.3 Å². The van der Waals surface area contributed by atoms with Crippen LogP contribution in [0.3, 0.4) is 0 Å². The lowest BCUT2D eigenvalue weighted by Crippen LogP contribution is -2.38. The first-order valence-electron chi connectivity index (χ1n) is 5.87. The number of benzene rings is 1. The van der Waals surface area contributed by atoms with Gasteiger partial charge >= 0.3 is 5.97 Å². The highest BCUT2D eigenvalue weighted by atomic mass is 16.5. The first-order valence-corrected chi connectivity index (χ1v) is 5.87. The summed E-state index contributed by atoms with van der Waals surface area (Å²) in [6.45, 7) is 0. The largest absolute Gasteiger partial charge is 0.508 e. The molecule has 3 rings (SSSR count). The standard InChI is InChI=1S/C13H14O4/c14-7-1-3-9-10-4-2-8(15)6-12(10)17-13(16)11(9)5-7/h1,3,5,8,10,12,14-15H,2,4,6H2/t8-,10-,12+/m1/s1. The van der Waals surface area contributed by atoms with E-state index in [1.54, 1.807) is 12.1 Å². The third-order valence-electron chi connectivity index (χ3n) is 3.68. The topological polar surface area (TPSA) is 66.8 Å². The zero-order valence-corrected chi connectivity index (χ0v) is 9.30. The summed E-state index contributed by atoms with van der Waals surface area (Å²) in [6, 6.07) is 4.85. The lowest BCUT2D eigenvalue weighted by atomic mass is 9.77. The fraction of sp³-hybridized carbons (Fsp3) is 0.462. The maximum atomic E-state index is 11.8. The maximum absolute atomic E-state index is 11.8. The molecular formula is C13H14O4. The molecule has 2 aliphatic rings. The number of ether oxygens (including phenoxy) is 1. The van der Waals surface area contributed by atoms with Gasteiger partial charge in [-0.25, -0.2) is 4.79 Å². The minimum atomic E-state index is -0.397. The van der Waals surface area contributed by atoms with E-state index in [2.05, 4.69) is 0 Å². The molecule has 0 spiro atoms. The number of phenols is 1. The number of phenolic OH excluding ortho intramolecular Hbond substituents is 1. The monoisotopic (exact) mass is 234 g/mol. The van der Waals surface area contributed by atoms with Crippen LogP contribution < -0.4 is 0 Å². The Bertz CT molecular complexity index is 468. The van der Waals surface area contributed by atoms with E-state index in [1.807, 2.05) is 0 Å². The van der Waals surface area contributed by atoms with Crippen LogP contribution >= 0.6 is 0 Å². The van der Waals surface area contributed by atoms with Gasteiger partial charge in [-0.1, -0.05) is 6.07 Å². The molecule has 1 saturated carbocycles. The number of carbonyl (C=O) groups excluding carboxylic acids is 1. The van der Waals surface area contributed by atoms with E-state index in [-0.39, 0.29) is 23.9 Å². The van der Waals surface area contributed by atoms with Crippen molar-refractivity contribution in [1.82, 2.24) is 0 Å². The number of carbonyl (C=O) groups is 1. The molecule has 0 amide bonds. The summed E-state index contributed by atoms with van der Waals surface area (Å²) in [5.41, 5.74) is 1.40. The van der Waals surface area contributed by atoms with E-state index < -0.39 is 5.97 Å². The molecule has 4 heteroatoms. The van der Waals surface area contributed by atoms with E-state index in [9.17, 15) is 15.0 Å². The summed E-state index contributed by atoms with van der Waals surface area (Å²) < 4.78 is 5.33. The number of hydrogen-bond acceptors (Lipinski definition) is 4. The van der Waals surface area contributed by atoms with Crippen molar-refractivity contribution in [1.29, 1.82) is 0 Å². The highest BCUT2D eigenvalue weighted by Crippen LogP contribution is 2.41. The average Bonchev–Trinajstić information content (AvgIpc) is 2.29. The van der Waals surface area contributed by atoms with Gasteiger partial charge in [0.15, 0.2) is 0 Å². The molecule has 1 aromatic carbocycles. The Morgan fingerprint density at radius 3 is 2.94 bits per heavy atom. The molecule has 17 heavy (non-hydrogen) atoms. The molecule has 0 aromatic heterocycles. The van der Waals surface area contributed by atoms with E-state index in [0.29, 0.717) is 12.0 Å². The Balaban J connectivity index is 2.03. The molecule has 0 bridgehead atoms. The van der Waals surface area contributed by atoms with Crippen molar-refractivity contribution >= 4 is 5.97 Å². The third kappa shape index (κ3) is 1.69. The number of fused-ring (bicyclic) bond motifs is 3. The van der Waals surface area contributed by atoms with Gasteiger partial charge in [0.1, 0.15) is 11.9 Å². The lowest BCUT2D eigenvalue weighted by Gasteiger charge is -2.38. The minimum absolute atomic E-state index is 0.0787. The number of rotatable bonds is 0. The van der Waals surface area contributed by atoms with Crippen LogP contribution in [0.4, 0.5) is 0 Å². The second kappa shape index (κ2) is 3.74. The fourth-order valence-corrected chi connectivity index (χ4v) is 2.84. The Morgan fingerprint density at radius 1 is 1.29 bits per heavy atom. The lowest BCUT2D eigenvalue weighted by molar-refractivity contribution is -0.0181. The minimum Gasteiger partial charge on any atom is -0.508 e. The van der Waals surface area contributed by atoms with Crippen LogP contribution in [0.5, 0.6) is 5.75 Å². The molecule has 1 aromatic rings. The van der Waals surface area contributed by atoms with Crippen molar-refractivity contribution in [2.24, 2.45) is 0 Å². The molecule has 1 aliphatic carbocycles. The van der Waals surface area contributed by atoms with Crippen molar-refractivity contribution in [3.63, 3.8) is 0 Å². The Hall–Kier alpha value is -1.55. The van der Waals surface area contributed by atoms with E-state index in [4.69, 9.17) is 4.74 Å². The molecule has 3 atom stereocenters. The van der Waals surface area contributed by atoms with Gasteiger partial charge in [0.25, 0.3) is 0 Å². The van der Waals surface area contributed by atoms with Crippen molar-refractivity contribution < 1.29 is 19.7 Å². The Kier molecular flexibility index (Phi) is 2.33. The average molecular weight is 234 g/mol. The highest BCUT2D eigenvalue weighted by Gasteiger charge is 2.39. The summed E-state index contributed by atoms with van der Waals surface area (Å²) in [6.07, 6.45) is 1.47. The maximum Gasteiger partial charge on any atom is 0.338 e. The summed E-state index contributed by atoms with van der Waals surface area (Å²) >= 11 is 0. The second-order valence-electron chi connectivity index (χ2n) is 4.79. The molecule has 1 fully saturated rings. The third-order valence-corrected chi connectivity index (χ3v) is 3.68. The van der Waals surface area contributed by atoms with Gasteiger partial charge in [0.05, 0.1) is 11.7 Å². The van der Waals surface area contributed by atoms with Crippen LogP contribution in [-0.4, -0.2) is 28.4 Å². The number of esters is 1. The van der Waals surface area contributed by atoms with Crippen molar-refractivity contribution in [3.05, 3.63) is 29.3 Å². The van der Waals surface area contributed by atoms with Crippen LogP contribution in [0, 0.1) is 0 Å². The quantitative estimate of drug-likeness (QED) is 0.668. The normalized spacial score (nSPS) is 31.4. The molecule has 0 unspecified atom stereocenters. The highest BCUT2D eigenvalue weighted by molar-refractivity contribution is 5.93. The molecule has 1 aliphatic heterocycles. The zero-order chi connectivity index (χ0) is 12.0. The predicted octanol–water partition coefficient (Wildman–Crippen LogP) is 1.56. The molecule has 2 N–H and O–H groups in total. The van der Waals surface area contributed by atoms with Crippen molar-refractivity contribution in [2.45, 2.75) is 37.4 Å². The Labute approximate surface area is 98.8 Å². The number of aliphatic hydroxyl groups excluding tert-OH is 1. The van der Waals surface area contributed by atoms with E-state index in [1.165, 1.54) is 6.07 Å². The molecule has 1 heterocycles. The number of hydrogen-bond donors (Lipinski definition) is 2. The SMILES string of the molecule is O=C1O[C@H]2C[C@H](O)CC[C@@H]2c2ccc(O)cc21. The number of aliphatic hydroxyl groups is 1. The number of aromatic hydroxyl groups is 1. The van der Waals surface area contributed by atoms with Crippen LogP contribution in [0.1, 0.15) is 41.1 Å². The van der Waals surface area contributed by atoms with Crippen LogP contribution in [0.2, 0.25) is 0 Å². The molecular weight excluding hydrogens is 220 g/mol. The first kappa shape index (κ1) is 10.6. The second-order valence-corrected chi connectivity index (χ2v) is 4.79. The smallest absolute Gasteiger partial charge is 0.338 e. The van der Waals surface area contributed by atoms with E-state index >= 15 is 0 Å². The van der Waals surface area contributed by atoms with Gasteiger partial charge < -0.3 is 14.9 Å². The van der Waals surface area contributed by atoms with Crippen molar-refractivity contribution in [3.8, 4) is 5.75 Å². The summed E-state index contributed by atoms with van der Waals surface area (Å²) in [5.74, 6) is -0.159. The van der Waals surface area contributed by atoms with Crippen molar-refractivity contribution in [2.75, 3.05) is 0 Å². The van der Waals surface area contributed by atoms with Gasteiger partial charge in [-0.05, 0) is 30.5 Å². The van der Waals surface area contributed by atoms with Crippen LogP contribution in [0.25, 0.3) is 0 Å². The van der Waals surface area contributed by atoms with E-state index in [0.717, 1.165) is 18.4 Å².